The molecule has 0 saturated carbocycles. The number of carbonyl (C=O) groups excluding carboxylic acids is 2. The molecule has 0 aliphatic rings. The van der Waals surface area contributed by atoms with Gasteiger partial charge in [-0.05, 0) is 0 Å². The molecule has 3 N–H and O–H groups in total. The van der Waals surface area contributed by atoms with E-state index in [0.29, 0.717) is 13.1 Å². The molecule has 0 bridgehead atoms. The number of amides is 1. The Labute approximate surface area is 81.5 Å². The molecule has 0 aliphatic heterocycles. The van der Waals surface area contributed by atoms with Crippen LogP contribution in [-0.2, 0) is 14.2 Å². The van der Waals surface area contributed by atoms with Crippen LogP contribution in [0.5, 0.6) is 0 Å². The third-order valence-corrected chi connectivity index (χ3v) is 1.19. The van der Waals surface area contributed by atoms with E-state index >= 15 is 0 Å². The first-order chi connectivity index (χ1) is 6.66. The average molecular weight is 206 g/mol. The van der Waals surface area contributed by atoms with E-state index in [1.165, 1.54) is 7.11 Å². The van der Waals surface area contributed by atoms with E-state index in [0.717, 1.165) is 0 Å². The summed E-state index contributed by atoms with van der Waals surface area (Å²) in [6.07, 6.45) is -1.53. The fourth-order valence-corrected chi connectivity index (χ4v) is 0.614. The van der Waals surface area contributed by atoms with Gasteiger partial charge in [0.05, 0.1) is 7.11 Å². The summed E-state index contributed by atoms with van der Waals surface area (Å²) in [5.41, 5.74) is 4.72. The van der Waals surface area contributed by atoms with Gasteiger partial charge in [-0.3, -0.25) is 0 Å². The maximum atomic E-state index is 10.4. The van der Waals surface area contributed by atoms with Crippen molar-refractivity contribution in [2.75, 3.05) is 33.4 Å². The van der Waals surface area contributed by atoms with Gasteiger partial charge < -0.3 is 25.3 Å². The molecule has 0 saturated heterocycles. The zero-order valence-corrected chi connectivity index (χ0v) is 7.95. The van der Waals surface area contributed by atoms with Gasteiger partial charge in [-0.25, -0.2) is 9.59 Å². The van der Waals surface area contributed by atoms with E-state index in [4.69, 9.17) is 5.73 Å². The summed E-state index contributed by atoms with van der Waals surface area (Å²) in [6.45, 7) is 1.29. The first-order valence-electron chi connectivity index (χ1n) is 4.00. The van der Waals surface area contributed by atoms with E-state index in [1.54, 1.807) is 0 Å². The van der Waals surface area contributed by atoms with Crippen molar-refractivity contribution in [3.8, 4) is 0 Å². The molecule has 0 spiro atoms. The second-order valence-corrected chi connectivity index (χ2v) is 2.22. The van der Waals surface area contributed by atoms with Crippen molar-refractivity contribution in [3.05, 3.63) is 0 Å². The fourth-order valence-electron chi connectivity index (χ4n) is 0.614. The van der Waals surface area contributed by atoms with Gasteiger partial charge in [0.2, 0.25) is 0 Å². The lowest BCUT2D eigenvalue weighted by Gasteiger charge is -2.05. The maximum absolute atomic E-state index is 10.4. The van der Waals surface area contributed by atoms with Crippen LogP contribution < -0.4 is 11.1 Å². The van der Waals surface area contributed by atoms with Crippen LogP contribution in [0, 0.1) is 0 Å². The number of hydrogen-bond donors (Lipinski definition) is 2. The number of carbonyl (C=O) groups is 2. The minimum atomic E-state index is -0.808. The lowest BCUT2D eigenvalue weighted by molar-refractivity contribution is 0.0732. The highest BCUT2D eigenvalue weighted by atomic mass is 16.7. The summed E-state index contributed by atoms with van der Waals surface area (Å²) < 4.78 is 13.2. The number of nitrogens with one attached hydrogen (secondary N) is 1. The third-order valence-electron chi connectivity index (χ3n) is 1.19. The molecule has 0 aromatic carbocycles. The lowest BCUT2D eigenvalue weighted by atomic mass is 10.6. The monoisotopic (exact) mass is 206 g/mol. The quantitative estimate of drug-likeness (QED) is 0.447. The molecule has 0 aliphatic carbocycles. The second-order valence-electron chi connectivity index (χ2n) is 2.22. The summed E-state index contributed by atoms with van der Waals surface area (Å²) in [5, 5.41) is 2.85. The Bertz CT molecular complexity index is 185. The van der Waals surface area contributed by atoms with Gasteiger partial charge in [0.15, 0.2) is 0 Å². The van der Waals surface area contributed by atoms with Gasteiger partial charge in [0.25, 0.3) is 0 Å². The van der Waals surface area contributed by atoms with Crippen LogP contribution in [0.15, 0.2) is 0 Å². The van der Waals surface area contributed by atoms with Crippen LogP contribution in [0.4, 0.5) is 9.59 Å². The van der Waals surface area contributed by atoms with Gasteiger partial charge in [-0.2, -0.15) is 0 Å². The molecule has 0 atom stereocenters. The highest BCUT2D eigenvalue weighted by molar-refractivity contribution is 5.64. The van der Waals surface area contributed by atoms with Gasteiger partial charge in [0, 0.05) is 13.1 Å². The van der Waals surface area contributed by atoms with Gasteiger partial charge in [-0.15, -0.1) is 0 Å². The fraction of sp³-hybridized carbons (Fsp3) is 0.714. The number of primary amides is 1. The summed E-state index contributed by atoms with van der Waals surface area (Å²) in [5.74, 6) is 0. The predicted molar refractivity (Wildman–Crippen MR) is 46.8 cm³/mol. The van der Waals surface area contributed by atoms with Crippen LogP contribution in [0.1, 0.15) is 0 Å². The molecular formula is C7H14N2O5. The average Bonchev–Trinajstić information content (AvgIpc) is 2.15. The minimum absolute atomic E-state index is 0.188. The number of ether oxygens (including phenoxy) is 3. The molecule has 0 unspecified atom stereocenters. The third kappa shape index (κ3) is 8.60. The van der Waals surface area contributed by atoms with Gasteiger partial charge in [-0.1, -0.05) is 0 Å². The van der Waals surface area contributed by atoms with Crippen LogP contribution >= 0.6 is 0 Å². The van der Waals surface area contributed by atoms with Crippen molar-refractivity contribution in [1.29, 1.82) is 0 Å². The molecule has 1 amide bonds. The van der Waals surface area contributed by atoms with E-state index in [9.17, 15) is 9.59 Å². The number of rotatable bonds is 6. The number of methoxy groups -OCH3 is 1. The molecule has 7 nitrogen and oxygen atoms in total. The van der Waals surface area contributed by atoms with E-state index in [1.807, 2.05) is 0 Å². The largest absolute Gasteiger partial charge is 0.508 e. The first kappa shape index (κ1) is 12.5. The summed E-state index contributed by atoms with van der Waals surface area (Å²) in [4.78, 5) is 20.5. The zero-order chi connectivity index (χ0) is 10.8. The van der Waals surface area contributed by atoms with Crippen molar-refractivity contribution < 1.29 is 23.8 Å². The molecular weight excluding hydrogens is 192 g/mol. The smallest absolute Gasteiger partial charge is 0.448 e. The maximum Gasteiger partial charge on any atom is 0.508 e. The molecule has 0 rings (SSSR count). The van der Waals surface area contributed by atoms with Crippen LogP contribution in [0.25, 0.3) is 0 Å². The second kappa shape index (κ2) is 8.11. The Morgan fingerprint density at radius 2 is 1.79 bits per heavy atom. The molecule has 0 radical (unpaired) electrons. The topological polar surface area (TPSA) is 99.9 Å². The standard InChI is InChI=1S/C7H14N2O5/c1-12-7(11)14-5-3-9-2-4-13-6(8)10/h9H,2-5H2,1H3,(H2,8,10). The molecule has 0 heterocycles. The Morgan fingerprint density at radius 1 is 1.21 bits per heavy atom. The van der Waals surface area contributed by atoms with Crippen molar-refractivity contribution in [2.24, 2.45) is 5.73 Å². The van der Waals surface area contributed by atoms with Crippen molar-refractivity contribution >= 4 is 12.2 Å². The number of nitrogens with two attached hydrogens (primary N) is 1. The summed E-state index contributed by atoms with van der Waals surface area (Å²) in [6, 6.07) is 0. The summed E-state index contributed by atoms with van der Waals surface area (Å²) in [7, 11) is 1.23. The van der Waals surface area contributed by atoms with Crippen LogP contribution in [0.3, 0.4) is 0 Å². The highest BCUT2D eigenvalue weighted by Gasteiger charge is 1.98. The summed E-state index contributed by atoms with van der Waals surface area (Å²) >= 11 is 0. The Morgan fingerprint density at radius 3 is 2.29 bits per heavy atom. The predicted octanol–water partition coefficient (Wildman–Crippen LogP) is -0.546. The van der Waals surface area contributed by atoms with Crippen molar-refractivity contribution in [2.45, 2.75) is 0 Å². The lowest BCUT2D eigenvalue weighted by Crippen LogP contribution is -2.27. The highest BCUT2D eigenvalue weighted by Crippen LogP contribution is 1.80. The minimum Gasteiger partial charge on any atom is -0.448 e. The van der Waals surface area contributed by atoms with Crippen LogP contribution in [-0.4, -0.2) is 45.7 Å². The van der Waals surface area contributed by atoms with Crippen molar-refractivity contribution in [3.63, 3.8) is 0 Å². The molecule has 0 aromatic rings. The van der Waals surface area contributed by atoms with E-state index in [2.05, 4.69) is 19.5 Å². The SMILES string of the molecule is COC(=O)OCCNCCOC(N)=O. The molecule has 82 valence electrons. The Balaban J connectivity index is 3.06. The first-order valence-corrected chi connectivity index (χ1v) is 4.00. The number of hydrogen-bond acceptors (Lipinski definition) is 6. The molecule has 0 aromatic heterocycles. The molecule has 14 heavy (non-hydrogen) atoms. The van der Waals surface area contributed by atoms with Crippen molar-refractivity contribution in [1.82, 2.24) is 5.32 Å². The Kier molecular flexibility index (Phi) is 7.24. The van der Waals surface area contributed by atoms with Crippen LogP contribution in [0.2, 0.25) is 0 Å². The zero-order valence-electron chi connectivity index (χ0n) is 7.95. The normalized spacial score (nSPS) is 9.21. The van der Waals surface area contributed by atoms with E-state index in [-0.39, 0.29) is 13.2 Å². The van der Waals surface area contributed by atoms with Gasteiger partial charge >= 0.3 is 12.2 Å². The Hall–Kier alpha value is -1.50. The van der Waals surface area contributed by atoms with E-state index < -0.39 is 12.2 Å². The molecule has 0 fully saturated rings. The van der Waals surface area contributed by atoms with Gasteiger partial charge in [0.1, 0.15) is 13.2 Å². The molecule has 7 heteroatoms.